The zero-order valence-corrected chi connectivity index (χ0v) is 16.0. The molecule has 0 saturated heterocycles. The Bertz CT molecular complexity index is 912. The minimum atomic E-state index is -0.421. The van der Waals surface area contributed by atoms with Gasteiger partial charge in [-0.15, -0.1) is 10.2 Å². The lowest BCUT2D eigenvalue weighted by molar-refractivity contribution is -0.115. The Kier molecular flexibility index (Phi) is 5.70. The highest BCUT2D eigenvalue weighted by atomic mass is 35.5. The third-order valence-corrected chi connectivity index (χ3v) is 5.09. The van der Waals surface area contributed by atoms with Gasteiger partial charge in [-0.25, -0.2) is 4.68 Å². The van der Waals surface area contributed by atoms with Crippen LogP contribution in [0, 0.1) is 0 Å². The molecule has 1 atom stereocenters. The molecule has 1 aromatic heterocycles. The quantitative estimate of drug-likeness (QED) is 0.491. The van der Waals surface area contributed by atoms with Gasteiger partial charge in [-0.05, 0) is 55.5 Å². The Morgan fingerprint density at radius 2 is 1.65 bits per heavy atom. The summed E-state index contributed by atoms with van der Waals surface area (Å²) >= 11 is 13.0. The largest absolute Gasteiger partial charge is 0.335 e. The summed E-state index contributed by atoms with van der Waals surface area (Å²) in [5.74, 6) is 6.40. The minimum Gasteiger partial charge on any atom is -0.335 e. The van der Waals surface area contributed by atoms with E-state index in [-0.39, 0.29) is 5.91 Å². The second-order valence-electron chi connectivity index (χ2n) is 5.44. The van der Waals surface area contributed by atoms with Gasteiger partial charge in [0.25, 0.3) is 0 Å². The standard InChI is InChI=1S/C17H15Cl2N5OS/c1-10(16(25)21-14-8-6-13(19)7-9-14)26-17-23-22-15(24(17)20)11-2-4-12(18)5-3-11/h2-10H,20H2,1H3,(H,21,25)/t10-/m0/s1. The summed E-state index contributed by atoms with van der Waals surface area (Å²) < 4.78 is 1.36. The lowest BCUT2D eigenvalue weighted by Crippen LogP contribution is -2.23. The Morgan fingerprint density at radius 1 is 1.08 bits per heavy atom. The Balaban J connectivity index is 1.69. The molecule has 3 N–H and O–H groups in total. The summed E-state index contributed by atoms with van der Waals surface area (Å²) in [4.78, 5) is 12.3. The van der Waals surface area contributed by atoms with Crippen molar-refractivity contribution in [2.75, 3.05) is 11.2 Å². The first-order valence-electron chi connectivity index (χ1n) is 7.63. The van der Waals surface area contributed by atoms with E-state index in [2.05, 4.69) is 15.5 Å². The van der Waals surface area contributed by atoms with Gasteiger partial charge in [-0.2, -0.15) is 0 Å². The van der Waals surface area contributed by atoms with Crippen LogP contribution in [0.25, 0.3) is 11.4 Å². The van der Waals surface area contributed by atoms with E-state index in [9.17, 15) is 4.79 Å². The number of amides is 1. The molecule has 0 spiro atoms. The zero-order valence-electron chi connectivity index (χ0n) is 13.7. The zero-order chi connectivity index (χ0) is 18.7. The molecule has 0 aliphatic rings. The molecular weight excluding hydrogens is 393 g/mol. The van der Waals surface area contributed by atoms with E-state index in [1.54, 1.807) is 55.5 Å². The topological polar surface area (TPSA) is 85.8 Å². The summed E-state index contributed by atoms with van der Waals surface area (Å²) in [6.45, 7) is 1.77. The molecule has 2 aromatic carbocycles. The molecule has 9 heteroatoms. The third-order valence-electron chi connectivity index (χ3n) is 3.53. The maximum Gasteiger partial charge on any atom is 0.237 e. The van der Waals surface area contributed by atoms with E-state index < -0.39 is 5.25 Å². The van der Waals surface area contributed by atoms with E-state index in [1.807, 2.05) is 0 Å². The number of benzene rings is 2. The van der Waals surface area contributed by atoms with E-state index in [1.165, 1.54) is 16.4 Å². The first kappa shape index (κ1) is 18.6. The number of nitrogen functional groups attached to an aromatic ring is 1. The number of carbonyl (C=O) groups excluding carboxylic acids is 1. The predicted octanol–water partition coefficient (Wildman–Crippen LogP) is 4.09. The van der Waals surface area contributed by atoms with E-state index in [4.69, 9.17) is 29.0 Å². The molecule has 3 aromatic rings. The molecule has 0 aliphatic carbocycles. The highest BCUT2D eigenvalue weighted by Gasteiger charge is 2.20. The van der Waals surface area contributed by atoms with Crippen LogP contribution in [0.15, 0.2) is 53.7 Å². The Labute approximate surface area is 164 Å². The molecule has 3 rings (SSSR count). The highest BCUT2D eigenvalue weighted by molar-refractivity contribution is 8.00. The number of rotatable bonds is 5. The van der Waals surface area contributed by atoms with Gasteiger partial charge in [0.15, 0.2) is 5.82 Å². The van der Waals surface area contributed by atoms with Crippen LogP contribution in [-0.4, -0.2) is 26.0 Å². The molecule has 6 nitrogen and oxygen atoms in total. The highest BCUT2D eigenvalue weighted by Crippen LogP contribution is 2.26. The average molecular weight is 408 g/mol. The minimum absolute atomic E-state index is 0.173. The molecule has 26 heavy (non-hydrogen) atoms. The number of halogens is 2. The van der Waals surface area contributed by atoms with Crippen LogP contribution < -0.4 is 11.2 Å². The molecule has 1 amide bonds. The van der Waals surface area contributed by atoms with E-state index in [0.29, 0.717) is 26.7 Å². The normalized spacial score (nSPS) is 12.0. The maximum absolute atomic E-state index is 12.3. The predicted molar refractivity (Wildman–Crippen MR) is 106 cm³/mol. The number of aromatic nitrogens is 3. The van der Waals surface area contributed by atoms with Crippen molar-refractivity contribution in [3.8, 4) is 11.4 Å². The van der Waals surface area contributed by atoms with Crippen molar-refractivity contribution in [1.82, 2.24) is 14.9 Å². The lowest BCUT2D eigenvalue weighted by Gasteiger charge is -2.11. The van der Waals surface area contributed by atoms with Crippen LogP contribution in [0.4, 0.5) is 5.69 Å². The SMILES string of the molecule is C[C@H](Sc1nnc(-c2ccc(Cl)cc2)n1N)C(=O)Nc1ccc(Cl)cc1. The average Bonchev–Trinajstić information content (AvgIpc) is 2.98. The summed E-state index contributed by atoms with van der Waals surface area (Å²) in [6.07, 6.45) is 0. The van der Waals surface area contributed by atoms with Gasteiger partial charge in [-0.3, -0.25) is 4.79 Å². The fourth-order valence-corrected chi connectivity index (χ4v) is 3.16. The number of anilines is 1. The Morgan fingerprint density at radius 3 is 2.27 bits per heavy atom. The summed E-state index contributed by atoms with van der Waals surface area (Å²) in [5.41, 5.74) is 1.46. The number of nitrogens with zero attached hydrogens (tertiary/aromatic N) is 3. The van der Waals surface area contributed by atoms with Crippen LogP contribution >= 0.6 is 35.0 Å². The maximum atomic E-state index is 12.3. The fourth-order valence-electron chi connectivity index (χ4n) is 2.14. The van der Waals surface area contributed by atoms with Gasteiger partial charge in [0, 0.05) is 21.3 Å². The molecule has 0 unspecified atom stereocenters. The van der Waals surface area contributed by atoms with Crippen LogP contribution in [-0.2, 0) is 4.79 Å². The van der Waals surface area contributed by atoms with E-state index >= 15 is 0 Å². The molecule has 0 radical (unpaired) electrons. The number of carbonyl (C=O) groups is 1. The summed E-state index contributed by atoms with van der Waals surface area (Å²) in [6, 6.07) is 14.0. The molecule has 1 heterocycles. The van der Waals surface area contributed by atoms with Crippen molar-refractivity contribution in [1.29, 1.82) is 0 Å². The van der Waals surface area contributed by atoms with Crippen LogP contribution in [0.5, 0.6) is 0 Å². The smallest absolute Gasteiger partial charge is 0.237 e. The van der Waals surface area contributed by atoms with Crippen LogP contribution in [0.2, 0.25) is 10.0 Å². The van der Waals surface area contributed by atoms with Crippen molar-refractivity contribution in [3.63, 3.8) is 0 Å². The first-order chi connectivity index (χ1) is 12.4. The second kappa shape index (κ2) is 7.99. The van der Waals surface area contributed by atoms with Gasteiger partial charge in [-0.1, -0.05) is 35.0 Å². The van der Waals surface area contributed by atoms with Crippen molar-refractivity contribution in [2.45, 2.75) is 17.3 Å². The lowest BCUT2D eigenvalue weighted by atomic mass is 10.2. The number of hydrogen-bond donors (Lipinski definition) is 2. The van der Waals surface area contributed by atoms with Gasteiger partial charge in [0.2, 0.25) is 11.1 Å². The van der Waals surface area contributed by atoms with E-state index in [0.717, 1.165) is 5.56 Å². The fraction of sp³-hybridized carbons (Fsp3) is 0.118. The van der Waals surface area contributed by atoms with Gasteiger partial charge >= 0.3 is 0 Å². The molecule has 0 bridgehead atoms. The summed E-state index contributed by atoms with van der Waals surface area (Å²) in [7, 11) is 0. The van der Waals surface area contributed by atoms with Crippen molar-refractivity contribution >= 4 is 46.6 Å². The second-order valence-corrected chi connectivity index (χ2v) is 7.62. The van der Waals surface area contributed by atoms with Crippen molar-refractivity contribution in [2.24, 2.45) is 0 Å². The molecule has 0 aliphatic heterocycles. The number of hydrogen-bond acceptors (Lipinski definition) is 5. The van der Waals surface area contributed by atoms with Crippen molar-refractivity contribution in [3.05, 3.63) is 58.6 Å². The summed E-state index contributed by atoms with van der Waals surface area (Å²) in [5, 5.41) is 12.2. The Hall–Kier alpha value is -2.22. The molecular formula is C17H15Cl2N5OS. The van der Waals surface area contributed by atoms with Gasteiger partial charge in [0.05, 0.1) is 5.25 Å². The molecule has 0 saturated carbocycles. The monoisotopic (exact) mass is 407 g/mol. The number of nitrogens with one attached hydrogen (secondary N) is 1. The van der Waals surface area contributed by atoms with Crippen LogP contribution in [0.3, 0.4) is 0 Å². The van der Waals surface area contributed by atoms with Gasteiger partial charge < -0.3 is 11.2 Å². The van der Waals surface area contributed by atoms with Crippen LogP contribution in [0.1, 0.15) is 6.92 Å². The molecule has 134 valence electrons. The van der Waals surface area contributed by atoms with Gasteiger partial charge in [0.1, 0.15) is 0 Å². The third kappa shape index (κ3) is 4.30. The number of nitrogens with two attached hydrogens (primary N) is 1. The first-order valence-corrected chi connectivity index (χ1v) is 9.27. The van der Waals surface area contributed by atoms with Crippen molar-refractivity contribution < 1.29 is 4.79 Å². The number of thioether (sulfide) groups is 1. The molecule has 0 fully saturated rings.